The van der Waals surface area contributed by atoms with Gasteiger partial charge in [-0.1, -0.05) is 18.2 Å². The van der Waals surface area contributed by atoms with Crippen molar-refractivity contribution in [2.45, 2.75) is 18.4 Å². The summed E-state index contributed by atoms with van der Waals surface area (Å²) in [4.78, 5) is 22.8. The third kappa shape index (κ3) is 5.16. The first kappa shape index (κ1) is 22.6. The fourth-order valence-corrected chi connectivity index (χ4v) is 3.52. The quantitative estimate of drug-likeness (QED) is 0.535. The Morgan fingerprint density at radius 1 is 1.03 bits per heavy atom. The minimum Gasteiger partial charge on any atom is -0.356 e. The molecule has 166 valence electrons. The molecule has 2 aromatic carbocycles. The molecule has 5 nitrogen and oxygen atoms in total. The zero-order valence-electron chi connectivity index (χ0n) is 15.8. The second-order valence-corrected chi connectivity index (χ2v) is 6.85. The number of carbonyl (C=O) groups excluding carboxylic acids is 2. The van der Waals surface area contributed by atoms with Crippen molar-refractivity contribution < 1.29 is 35.9 Å². The zero-order valence-corrected chi connectivity index (χ0v) is 15.8. The topological polar surface area (TPSA) is 61.4 Å². The summed E-state index contributed by atoms with van der Waals surface area (Å²) in [6.45, 7) is 1.47. The summed E-state index contributed by atoms with van der Waals surface area (Å²) in [6.07, 6.45) is -10.3. The summed E-state index contributed by atoms with van der Waals surface area (Å²) in [7, 11) is 0. The third-order valence-corrected chi connectivity index (χ3v) is 4.75. The van der Waals surface area contributed by atoms with Crippen LogP contribution >= 0.6 is 0 Å². The number of alkyl halides is 6. The van der Waals surface area contributed by atoms with E-state index in [2.05, 4.69) is 10.6 Å². The molecule has 1 fully saturated rings. The Labute approximate surface area is 173 Å². The number of piperazine rings is 1. The fourth-order valence-electron chi connectivity index (χ4n) is 3.52. The Bertz CT molecular complexity index is 960. The Hall–Kier alpha value is -3.08. The van der Waals surface area contributed by atoms with E-state index in [4.69, 9.17) is 4.79 Å². The van der Waals surface area contributed by atoms with Crippen molar-refractivity contribution in [1.82, 2.24) is 10.2 Å². The first-order valence-electron chi connectivity index (χ1n) is 9.13. The maximum absolute atomic E-state index is 13.6. The van der Waals surface area contributed by atoms with Crippen molar-refractivity contribution in [2.24, 2.45) is 0 Å². The van der Waals surface area contributed by atoms with Crippen LogP contribution in [0.4, 0.5) is 37.7 Å². The first-order chi connectivity index (χ1) is 14.5. The van der Waals surface area contributed by atoms with Crippen molar-refractivity contribution in [3.05, 3.63) is 59.2 Å². The van der Waals surface area contributed by atoms with Gasteiger partial charge >= 0.3 is 12.4 Å². The highest BCUT2D eigenvalue weighted by atomic mass is 19.4. The number of amides is 1. The summed E-state index contributed by atoms with van der Waals surface area (Å²) in [5.41, 5.74) is 0.379. The number of fused-ring (bicyclic) bond motifs is 3. The maximum atomic E-state index is 13.6. The molecule has 31 heavy (non-hydrogen) atoms. The lowest BCUT2D eigenvalue weighted by molar-refractivity contribution is -0.156. The molecule has 1 atom stereocenters. The zero-order chi connectivity index (χ0) is 22.8. The van der Waals surface area contributed by atoms with Crippen LogP contribution in [-0.4, -0.2) is 42.9 Å². The second-order valence-electron chi connectivity index (χ2n) is 6.85. The monoisotopic (exact) mass is 445 g/mol. The van der Waals surface area contributed by atoms with Crippen LogP contribution < -0.4 is 10.6 Å². The number of carbonyl (C=O) groups is 2. The highest BCUT2D eigenvalue weighted by Crippen LogP contribution is 2.44. The molecule has 4 rings (SSSR count). The van der Waals surface area contributed by atoms with Crippen molar-refractivity contribution >= 4 is 23.6 Å². The lowest BCUT2D eigenvalue weighted by Gasteiger charge is -2.30. The molecular formula is C20H17F6N3O2. The Morgan fingerprint density at radius 2 is 1.68 bits per heavy atom. The van der Waals surface area contributed by atoms with Crippen LogP contribution in [0.3, 0.4) is 0 Å². The summed E-state index contributed by atoms with van der Waals surface area (Å²) < 4.78 is 72.0. The van der Waals surface area contributed by atoms with Gasteiger partial charge in [-0.15, -0.1) is 0 Å². The van der Waals surface area contributed by atoms with E-state index in [0.717, 1.165) is 6.07 Å². The largest absolute Gasteiger partial charge is 0.446 e. The number of hydrogen-bond donors (Lipinski definition) is 2. The predicted octanol–water partition coefficient (Wildman–Crippen LogP) is 4.30. The van der Waals surface area contributed by atoms with Gasteiger partial charge in [-0.2, -0.15) is 26.3 Å². The lowest BCUT2D eigenvalue weighted by atomic mass is 9.97. The number of benzene rings is 2. The minimum absolute atomic E-state index is 0.209. The van der Waals surface area contributed by atoms with Crippen LogP contribution in [0.2, 0.25) is 0 Å². The number of nitrogens with one attached hydrogen (secondary N) is 2. The van der Waals surface area contributed by atoms with E-state index in [1.54, 1.807) is 30.3 Å². The normalized spacial score (nSPS) is 17.9. The fraction of sp³-hybridized carbons (Fsp3) is 0.300. The van der Waals surface area contributed by atoms with Crippen LogP contribution in [0.15, 0.2) is 42.5 Å². The molecule has 0 bridgehead atoms. The summed E-state index contributed by atoms with van der Waals surface area (Å²) in [6, 6.07) is 11.3. The van der Waals surface area contributed by atoms with Gasteiger partial charge in [-0.05, 0) is 29.8 Å². The molecule has 1 saturated heterocycles. The molecule has 2 aliphatic heterocycles. The van der Waals surface area contributed by atoms with Gasteiger partial charge in [0.2, 0.25) is 6.29 Å². The molecule has 0 saturated carbocycles. The molecule has 2 N–H and O–H groups in total. The van der Waals surface area contributed by atoms with E-state index in [0.29, 0.717) is 36.6 Å². The number of halogens is 6. The van der Waals surface area contributed by atoms with Crippen molar-refractivity contribution in [3.63, 3.8) is 0 Å². The molecule has 0 radical (unpaired) electrons. The third-order valence-electron chi connectivity index (χ3n) is 4.75. The van der Waals surface area contributed by atoms with E-state index in [1.165, 1.54) is 4.90 Å². The van der Waals surface area contributed by atoms with Gasteiger partial charge in [0.05, 0.1) is 17.2 Å². The van der Waals surface area contributed by atoms with Crippen molar-refractivity contribution in [3.8, 4) is 0 Å². The van der Waals surface area contributed by atoms with Gasteiger partial charge in [0, 0.05) is 31.0 Å². The molecule has 0 unspecified atom stereocenters. The highest BCUT2D eigenvalue weighted by molar-refractivity contribution is 6.01. The number of para-hydroxylation sites is 1. The van der Waals surface area contributed by atoms with E-state index >= 15 is 0 Å². The van der Waals surface area contributed by atoms with Gasteiger partial charge in [0.15, 0.2) is 0 Å². The highest BCUT2D eigenvalue weighted by Gasteiger charge is 2.45. The van der Waals surface area contributed by atoms with Crippen LogP contribution in [0.25, 0.3) is 0 Å². The lowest BCUT2D eigenvalue weighted by Crippen LogP contribution is -2.44. The van der Waals surface area contributed by atoms with Gasteiger partial charge in [0.1, 0.15) is 0 Å². The molecule has 2 aliphatic rings. The number of nitrogens with zero attached hydrogens (tertiary/aromatic N) is 1. The minimum atomic E-state index is -4.64. The van der Waals surface area contributed by atoms with Crippen LogP contribution in [0.5, 0.6) is 0 Å². The molecule has 1 amide bonds. The van der Waals surface area contributed by atoms with Gasteiger partial charge in [-0.3, -0.25) is 9.59 Å². The van der Waals surface area contributed by atoms with Crippen molar-refractivity contribution in [2.75, 3.05) is 25.0 Å². The molecule has 2 heterocycles. The Morgan fingerprint density at radius 3 is 2.26 bits per heavy atom. The van der Waals surface area contributed by atoms with Crippen molar-refractivity contribution in [1.29, 1.82) is 0 Å². The van der Waals surface area contributed by atoms with E-state index in [-0.39, 0.29) is 11.6 Å². The summed E-state index contributed by atoms with van der Waals surface area (Å²) in [5, 5.41) is 6.16. The SMILES string of the molecule is O=C1c2c(cc(Nc3ccccc3)cc2C(F)(F)F)[C@@H]2CNCCN12.O=CC(F)(F)F. The average Bonchev–Trinajstić information content (AvgIpc) is 3.00. The molecule has 0 aliphatic carbocycles. The molecular weight excluding hydrogens is 428 g/mol. The standard InChI is InChI=1S/C18H16F3N3O.C2HF3O/c19-18(20,21)14-9-12(23-11-4-2-1-3-5-11)8-13-15-10-22-6-7-24(15)17(25)16(13)14;3-2(4,5)1-6/h1-5,8-9,15,22-23H,6-7,10H2;1H/t15-;/m0./s1. The number of aldehydes is 1. The summed E-state index contributed by atoms with van der Waals surface area (Å²) in [5.74, 6) is -0.528. The van der Waals surface area contributed by atoms with E-state index in [1.807, 2.05) is 6.07 Å². The Balaban J connectivity index is 0.000000401. The maximum Gasteiger partial charge on any atom is 0.446 e. The van der Waals surface area contributed by atoms with Gasteiger partial charge < -0.3 is 15.5 Å². The van der Waals surface area contributed by atoms with E-state index in [9.17, 15) is 31.1 Å². The number of rotatable bonds is 2. The van der Waals surface area contributed by atoms with Gasteiger partial charge in [-0.25, -0.2) is 0 Å². The molecule has 0 aromatic heterocycles. The van der Waals surface area contributed by atoms with Gasteiger partial charge in [0.25, 0.3) is 5.91 Å². The Kier molecular flexibility index (Phi) is 6.25. The number of hydrogen-bond acceptors (Lipinski definition) is 4. The average molecular weight is 445 g/mol. The van der Waals surface area contributed by atoms with Crippen LogP contribution in [0.1, 0.15) is 27.5 Å². The predicted molar refractivity (Wildman–Crippen MR) is 99.9 cm³/mol. The van der Waals surface area contributed by atoms with Crippen LogP contribution in [-0.2, 0) is 11.0 Å². The molecule has 11 heteroatoms. The first-order valence-corrected chi connectivity index (χ1v) is 9.13. The second kappa shape index (κ2) is 8.58. The number of anilines is 2. The summed E-state index contributed by atoms with van der Waals surface area (Å²) >= 11 is 0. The molecule has 2 aromatic rings. The molecule has 0 spiro atoms. The van der Waals surface area contributed by atoms with Crippen LogP contribution in [0, 0.1) is 0 Å². The van der Waals surface area contributed by atoms with E-state index < -0.39 is 30.1 Å². The smallest absolute Gasteiger partial charge is 0.356 e.